The molecular weight excluding hydrogens is 282 g/mol. The average molecular weight is 303 g/mol. The van der Waals surface area contributed by atoms with E-state index in [1.807, 2.05) is 0 Å². The van der Waals surface area contributed by atoms with Crippen molar-refractivity contribution in [2.45, 2.75) is 39.7 Å². The maximum Gasteiger partial charge on any atom is 0.338 e. The summed E-state index contributed by atoms with van der Waals surface area (Å²) >= 11 is 0. The Morgan fingerprint density at radius 2 is 1.91 bits per heavy atom. The van der Waals surface area contributed by atoms with Crippen molar-refractivity contribution in [1.82, 2.24) is 0 Å². The van der Waals surface area contributed by atoms with Gasteiger partial charge in [0.2, 0.25) is 0 Å². The van der Waals surface area contributed by atoms with Crippen LogP contribution in [0.4, 0.5) is 5.69 Å². The van der Waals surface area contributed by atoms with Gasteiger partial charge in [-0.25, -0.2) is 4.79 Å². The molecule has 5 heteroatoms. The van der Waals surface area contributed by atoms with Crippen LogP contribution in [0.2, 0.25) is 0 Å². The van der Waals surface area contributed by atoms with E-state index in [0.29, 0.717) is 28.7 Å². The Hall–Kier alpha value is -1.91. The molecule has 0 radical (unpaired) electrons. The number of nitro benzene ring substituents is 1. The molecule has 22 heavy (non-hydrogen) atoms. The van der Waals surface area contributed by atoms with E-state index in [4.69, 9.17) is 4.74 Å². The van der Waals surface area contributed by atoms with Crippen molar-refractivity contribution in [1.29, 1.82) is 0 Å². The predicted octanol–water partition coefficient (Wildman–Crippen LogP) is 3.82. The summed E-state index contributed by atoms with van der Waals surface area (Å²) in [6.07, 6.45) is 2.11. The molecule has 3 aliphatic rings. The quantitative estimate of drug-likeness (QED) is 0.483. The van der Waals surface area contributed by atoms with Gasteiger partial charge < -0.3 is 4.74 Å². The van der Waals surface area contributed by atoms with Gasteiger partial charge in [-0.1, -0.05) is 20.8 Å². The third-order valence-corrected chi connectivity index (χ3v) is 5.86. The van der Waals surface area contributed by atoms with Crippen molar-refractivity contribution in [2.75, 3.05) is 0 Å². The third-order valence-electron chi connectivity index (χ3n) is 5.86. The summed E-state index contributed by atoms with van der Waals surface area (Å²) < 4.78 is 5.68. The van der Waals surface area contributed by atoms with Crippen LogP contribution in [0.1, 0.15) is 44.0 Å². The van der Waals surface area contributed by atoms with E-state index in [0.717, 1.165) is 6.42 Å². The van der Waals surface area contributed by atoms with Crippen molar-refractivity contribution in [3.63, 3.8) is 0 Å². The largest absolute Gasteiger partial charge is 0.458 e. The molecule has 1 aromatic rings. The molecule has 0 aliphatic heterocycles. The molecule has 3 fully saturated rings. The lowest BCUT2D eigenvalue weighted by molar-refractivity contribution is -0.384. The van der Waals surface area contributed by atoms with Gasteiger partial charge in [0.05, 0.1) is 10.5 Å². The fraction of sp³-hybridized carbons (Fsp3) is 0.588. The highest BCUT2D eigenvalue weighted by atomic mass is 16.6. The number of nitrogens with zero attached hydrogens (tertiary/aromatic N) is 1. The summed E-state index contributed by atoms with van der Waals surface area (Å²) in [6.45, 7) is 6.77. The van der Waals surface area contributed by atoms with Gasteiger partial charge in [-0.2, -0.15) is 0 Å². The fourth-order valence-electron chi connectivity index (χ4n) is 4.18. The second kappa shape index (κ2) is 5.07. The normalized spacial score (nSPS) is 32.0. The number of carbonyl (C=O) groups excluding carboxylic acids is 1. The number of esters is 1. The van der Waals surface area contributed by atoms with E-state index in [-0.39, 0.29) is 17.8 Å². The topological polar surface area (TPSA) is 69.4 Å². The SMILES string of the molecule is C[C@@H]1[C@@H](OC(=O)c2ccc([N+](=O)[O-])cc2)C[C@H]2C[C@H]1C2(C)C. The summed E-state index contributed by atoms with van der Waals surface area (Å²) in [7, 11) is 0. The number of carbonyl (C=O) groups is 1. The number of nitro groups is 1. The monoisotopic (exact) mass is 303 g/mol. The molecule has 0 spiro atoms. The standard InChI is InChI=1S/C17H21NO4/c1-10-14-8-12(17(14,2)3)9-15(10)22-16(19)11-4-6-13(7-5-11)18(20)21/h4-7,10,12,14-15H,8-9H2,1-3H3/t10-,12+,14+,15-/m0/s1. The zero-order valence-electron chi connectivity index (χ0n) is 13.1. The van der Waals surface area contributed by atoms with Crippen LogP contribution in [0.5, 0.6) is 0 Å². The van der Waals surface area contributed by atoms with E-state index < -0.39 is 4.92 Å². The van der Waals surface area contributed by atoms with E-state index in [1.54, 1.807) is 0 Å². The Morgan fingerprint density at radius 1 is 1.27 bits per heavy atom. The molecular formula is C17H21NO4. The lowest BCUT2D eigenvalue weighted by atomic mass is 9.45. The van der Waals surface area contributed by atoms with Gasteiger partial charge in [0, 0.05) is 12.1 Å². The van der Waals surface area contributed by atoms with E-state index in [9.17, 15) is 14.9 Å². The first-order chi connectivity index (χ1) is 10.3. The van der Waals surface area contributed by atoms with E-state index in [2.05, 4.69) is 20.8 Å². The Bertz CT molecular complexity index is 608. The highest BCUT2D eigenvalue weighted by Crippen LogP contribution is 2.61. The highest BCUT2D eigenvalue weighted by molar-refractivity contribution is 5.89. The first-order valence-corrected chi connectivity index (χ1v) is 7.76. The number of non-ortho nitro benzene ring substituents is 1. The summed E-state index contributed by atoms with van der Waals surface area (Å²) in [6, 6.07) is 5.58. The molecule has 118 valence electrons. The van der Waals surface area contributed by atoms with Crippen LogP contribution in [0.25, 0.3) is 0 Å². The molecule has 0 heterocycles. The molecule has 1 aromatic carbocycles. The van der Waals surface area contributed by atoms with Gasteiger partial charge in [0.15, 0.2) is 0 Å². The van der Waals surface area contributed by atoms with Gasteiger partial charge in [-0.05, 0) is 48.1 Å². The fourth-order valence-corrected chi connectivity index (χ4v) is 4.18. The summed E-state index contributed by atoms with van der Waals surface area (Å²) in [4.78, 5) is 22.4. The Kier molecular flexibility index (Phi) is 3.46. The summed E-state index contributed by atoms with van der Waals surface area (Å²) in [5.41, 5.74) is 0.706. The van der Waals surface area contributed by atoms with Crippen LogP contribution in [-0.2, 0) is 4.74 Å². The Balaban J connectivity index is 1.66. The average Bonchev–Trinajstić information content (AvgIpc) is 2.48. The zero-order chi connectivity index (χ0) is 16.1. The van der Waals surface area contributed by atoms with Crippen LogP contribution < -0.4 is 0 Å². The van der Waals surface area contributed by atoms with Crippen molar-refractivity contribution in [2.24, 2.45) is 23.2 Å². The molecule has 2 bridgehead atoms. The number of ether oxygens (including phenoxy) is 1. The van der Waals surface area contributed by atoms with Crippen LogP contribution in [-0.4, -0.2) is 17.0 Å². The predicted molar refractivity (Wildman–Crippen MR) is 81.5 cm³/mol. The van der Waals surface area contributed by atoms with Crippen molar-refractivity contribution < 1.29 is 14.5 Å². The molecule has 4 rings (SSSR count). The van der Waals surface area contributed by atoms with Gasteiger partial charge >= 0.3 is 5.97 Å². The maximum atomic E-state index is 12.2. The minimum absolute atomic E-state index is 0.0226. The maximum absolute atomic E-state index is 12.2. The molecule has 0 aromatic heterocycles. The molecule has 0 unspecified atom stereocenters. The molecule has 5 nitrogen and oxygen atoms in total. The second-order valence-corrected chi connectivity index (χ2v) is 7.20. The van der Waals surface area contributed by atoms with Crippen LogP contribution >= 0.6 is 0 Å². The Labute approximate surface area is 129 Å². The minimum atomic E-state index is -0.478. The van der Waals surface area contributed by atoms with E-state index in [1.165, 1.54) is 30.7 Å². The molecule has 4 atom stereocenters. The summed E-state index contributed by atoms with van der Waals surface area (Å²) in [5.74, 6) is 1.22. The van der Waals surface area contributed by atoms with Crippen molar-refractivity contribution in [3.05, 3.63) is 39.9 Å². The number of fused-ring (bicyclic) bond motifs is 2. The van der Waals surface area contributed by atoms with Crippen LogP contribution in [0.15, 0.2) is 24.3 Å². The number of hydrogen-bond donors (Lipinski definition) is 0. The number of rotatable bonds is 3. The van der Waals surface area contributed by atoms with Crippen LogP contribution in [0.3, 0.4) is 0 Å². The van der Waals surface area contributed by atoms with Gasteiger partial charge in [-0.3, -0.25) is 10.1 Å². The smallest absolute Gasteiger partial charge is 0.338 e. The molecule has 0 N–H and O–H groups in total. The zero-order valence-corrected chi connectivity index (χ0v) is 13.1. The lowest BCUT2D eigenvalue weighted by Gasteiger charge is -2.61. The highest BCUT2D eigenvalue weighted by Gasteiger charge is 2.57. The molecule has 0 saturated heterocycles. The van der Waals surface area contributed by atoms with Gasteiger partial charge in [-0.15, -0.1) is 0 Å². The molecule has 0 amide bonds. The lowest BCUT2D eigenvalue weighted by Crippen LogP contribution is -2.57. The van der Waals surface area contributed by atoms with Crippen molar-refractivity contribution in [3.8, 4) is 0 Å². The Morgan fingerprint density at radius 3 is 2.41 bits per heavy atom. The first-order valence-electron chi connectivity index (χ1n) is 7.76. The molecule has 3 saturated carbocycles. The third kappa shape index (κ3) is 2.28. The van der Waals surface area contributed by atoms with E-state index >= 15 is 0 Å². The van der Waals surface area contributed by atoms with Gasteiger partial charge in [0.1, 0.15) is 6.10 Å². The first kappa shape index (κ1) is 15.0. The molecule has 3 aliphatic carbocycles. The number of hydrogen-bond acceptors (Lipinski definition) is 4. The second-order valence-electron chi connectivity index (χ2n) is 7.20. The van der Waals surface area contributed by atoms with Gasteiger partial charge in [0.25, 0.3) is 5.69 Å². The minimum Gasteiger partial charge on any atom is -0.458 e. The number of benzene rings is 1. The summed E-state index contributed by atoms with van der Waals surface area (Å²) in [5, 5.41) is 10.6. The van der Waals surface area contributed by atoms with Crippen molar-refractivity contribution >= 4 is 11.7 Å². The van der Waals surface area contributed by atoms with Crippen LogP contribution in [0, 0.1) is 33.3 Å².